The third kappa shape index (κ3) is 2.66. The number of carbonyl (C=O) groups excluding carboxylic acids is 1. The number of esters is 1. The number of rotatable bonds is 3. The van der Waals surface area contributed by atoms with Gasteiger partial charge in [0.05, 0.1) is 6.61 Å². The van der Waals surface area contributed by atoms with E-state index >= 15 is 0 Å². The molecule has 5 unspecified atom stereocenters. The summed E-state index contributed by atoms with van der Waals surface area (Å²) < 4.78 is 5.48. The molecule has 0 amide bonds. The lowest BCUT2D eigenvalue weighted by Crippen LogP contribution is -2.45. The maximum atomic E-state index is 11.6. The van der Waals surface area contributed by atoms with E-state index in [-0.39, 0.29) is 5.97 Å². The smallest absolute Gasteiger partial charge is 0.333 e. The van der Waals surface area contributed by atoms with Crippen LogP contribution in [0.25, 0.3) is 0 Å². The average molecular weight is 276 g/mol. The Hall–Kier alpha value is -0.790. The fraction of sp³-hybridized carbons (Fsp3) is 0.833. The Morgan fingerprint density at radius 2 is 1.70 bits per heavy atom. The SMILES string of the molecule is C=C(C)C(=O)OCC1CCC2CCCC3CCCC1C32. The zero-order valence-corrected chi connectivity index (χ0v) is 12.8. The summed E-state index contributed by atoms with van der Waals surface area (Å²) in [7, 11) is 0. The van der Waals surface area contributed by atoms with E-state index in [2.05, 4.69) is 6.58 Å². The summed E-state index contributed by atoms with van der Waals surface area (Å²) in [4.78, 5) is 11.6. The second-order valence-corrected chi connectivity index (χ2v) is 7.34. The van der Waals surface area contributed by atoms with E-state index in [1.807, 2.05) is 0 Å². The van der Waals surface area contributed by atoms with Gasteiger partial charge in [0, 0.05) is 5.57 Å². The number of hydrogen-bond donors (Lipinski definition) is 0. The molecule has 3 fully saturated rings. The summed E-state index contributed by atoms with van der Waals surface area (Å²) in [6.07, 6.45) is 11.2. The van der Waals surface area contributed by atoms with Crippen molar-refractivity contribution < 1.29 is 9.53 Å². The molecule has 3 aliphatic carbocycles. The Morgan fingerprint density at radius 1 is 1.05 bits per heavy atom. The van der Waals surface area contributed by atoms with Crippen molar-refractivity contribution in [2.24, 2.45) is 29.6 Å². The number of hydrogen-bond acceptors (Lipinski definition) is 2. The van der Waals surface area contributed by atoms with Crippen LogP contribution in [0.2, 0.25) is 0 Å². The van der Waals surface area contributed by atoms with Crippen molar-refractivity contribution in [2.45, 2.75) is 58.3 Å². The molecule has 3 aliphatic rings. The standard InChI is InChI=1S/C18H28O2/c1-12(2)18(19)20-11-15-10-9-14-6-3-5-13-7-4-8-16(15)17(13)14/h13-17H,1,3-11H2,2H3. The normalized spacial score (nSPS) is 39.8. The molecule has 0 aliphatic heterocycles. The number of carbonyl (C=O) groups is 1. The van der Waals surface area contributed by atoms with Gasteiger partial charge >= 0.3 is 5.97 Å². The molecule has 3 rings (SSSR count). The summed E-state index contributed by atoms with van der Waals surface area (Å²) in [5, 5.41) is 0. The predicted octanol–water partition coefficient (Wildman–Crippen LogP) is 4.35. The zero-order valence-electron chi connectivity index (χ0n) is 12.8. The molecule has 0 saturated heterocycles. The van der Waals surface area contributed by atoms with Gasteiger partial charge in [-0.15, -0.1) is 0 Å². The van der Waals surface area contributed by atoms with Crippen LogP contribution < -0.4 is 0 Å². The van der Waals surface area contributed by atoms with Gasteiger partial charge in [0.15, 0.2) is 0 Å². The third-order valence-electron chi connectivity index (χ3n) is 6.14. The largest absolute Gasteiger partial charge is 0.462 e. The lowest BCUT2D eigenvalue weighted by Gasteiger charge is -2.52. The second-order valence-electron chi connectivity index (χ2n) is 7.34. The van der Waals surface area contributed by atoms with Crippen molar-refractivity contribution in [1.29, 1.82) is 0 Å². The van der Waals surface area contributed by atoms with E-state index in [0.29, 0.717) is 18.1 Å². The van der Waals surface area contributed by atoms with Gasteiger partial charge in [-0.25, -0.2) is 4.79 Å². The first kappa shape index (κ1) is 14.2. The molecule has 5 atom stereocenters. The van der Waals surface area contributed by atoms with Crippen LogP contribution in [-0.4, -0.2) is 12.6 Å². The molecule has 2 nitrogen and oxygen atoms in total. The van der Waals surface area contributed by atoms with Gasteiger partial charge in [0.25, 0.3) is 0 Å². The third-order valence-corrected chi connectivity index (χ3v) is 6.14. The maximum Gasteiger partial charge on any atom is 0.333 e. The van der Waals surface area contributed by atoms with Crippen molar-refractivity contribution in [1.82, 2.24) is 0 Å². The molecule has 2 heteroatoms. The van der Waals surface area contributed by atoms with Crippen molar-refractivity contribution in [3.05, 3.63) is 12.2 Å². The van der Waals surface area contributed by atoms with Gasteiger partial charge in [-0.3, -0.25) is 0 Å². The van der Waals surface area contributed by atoms with Crippen LogP contribution in [0.1, 0.15) is 58.3 Å². The van der Waals surface area contributed by atoms with Crippen LogP contribution in [0, 0.1) is 29.6 Å². The van der Waals surface area contributed by atoms with E-state index in [0.717, 1.165) is 23.7 Å². The first-order valence-electron chi connectivity index (χ1n) is 8.49. The first-order chi connectivity index (χ1) is 9.66. The van der Waals surface area contributed by atoms with E-state index < -0.39 is 0 Å². The van der Waals surface area contributed by atoms with Gasteiger partial charge in [0.2, 0.25) is 0 Å². The molecule has 0 spiro atoms. The van der Waals surface area contributed by atoms with Crippen molar-refractivity contribution >= 4 is 5.97 Å². The minimum Gasteiger partial charge on any atom is -0.462 e. The summed E-state index contributed by atoms with van der Waals surface area (Å²) in [6.45, 7) is 6.04. The minimum atomic E-state index is -0.205. The highest BCUT2D eigenvalue weighted by molar-refractivity contribution is 5.86. The number of ether oxygens (including phenoxy) is 1. The van der Waals surface area contributed by atoms with Gasteiger partial charge in [0.1, 0.15) is 0 Å². The molecule has 0 N–H and O–H groups in total. The van der Waals surface area contributed by atoms with E-state index in [4.69, 9.17) is 4.74 Å². The van der Waals surface area contributed by atoms with Crippen LogP contribution in [0.5, 0.6) is 0 Å². The van der Waals surface area contributed by atoms with E-state index in [1.165, 1.54) is 51.4 Å². The van der Waals surface area contributed by atoms with Gasteiger partial charge in [-0.05, 0) is 55.8 Å². The topological polar surface area (TPSA) is 26.3 Å². The molecule has 112 valence electrons. The van der Waals surface area contributed by atoms with Crippen LogP contribution in [0.15, 0.2) is 12.2 Å². The zero-order chi connectivity index (χ0) is 14.1. The molecule has 0 aromatic heterocycles. The Balaban J connectivity index is 1.65. The molecule has 0 aromatic carbocycles. The summed E-state index contributed by atoms with van der Waals surface area (Å²) in [5.41, 5.74) is 0.526. The van der Waals surface area contributed by atoms with Crippen LogP contribution in [0.4, 0.5) is 0 Å². The van der Waals surface area contributed by atoms with Crippen molar-refractivity contribution in [2.75, 3.05) is 6.61 Å². The monoisotopic (exact) mass is 276 g/mol. The highest BCUT2D eigenvalue weighted by Crippen LogP contribution is 2.54. The minimum absolute atomic E-state index is 0.205. The van der Waals surface area contributed by atoms with Gasteiger partial charge in [-0.1, -0.05) is 38.7 Å². The van der Waals surface area contributed by atoms with Crippen molar-refractivity contribution in [3.8, 4) is 0 Å². The Kier molecular flexibility index (Phi) is 4.18. The molecular weight excluding hydrogens is 248 g/mol. The van der Waals surface area contributed by atoms with E-state index in [9.17, 15) is 4.79 Å². The Morgan fingerprint density at radius 3 is 2.40 bits per heavy atom. The Bertz CT molecular complexity index is 378. The highest BCUT2D eigenvalue weighted by Gasteiger charge is 2.46. The summed E-state index contributed by atoms with van der Waals surface area (Å²) >= 11 is 0. The molecule has 20 heavy (non-hydrogen) atoms. The van der Waals surface area contributed by atoms with Crippen molar-refractivity contribution in [3.63, 3.8) is 0 Å². The molecule has 3 saturated carbocycles. The second kappa shape index (κ2) is 5.91. The lowest BCUT2D eigenvalue weighted by atomic mass is 9.53. The average Bonchev–Trinajstić information content (AvgIpc) is 2.46. The van der Waals surface area contributed by atoms with Gasteiger partial charge in [-0.2, -0.15) is 0 Å². The summed E-state index contributed by atoms with van der Waals surface area (Å²) in [6, 6.07) is 0. The highest BCUT2D eigenvalue weighted by atomic mass is 16.5. The van der Waals surface area contributed by atoms with Crippen LogP contribution in [-0.2, 0) is 9.53 Å². The lowest BCUT2D eigenvalue weighted by molar-refractivity contribution is -0.143. The molecule has 0 aromatic rings. The fourth-order valence-electron chi connectivity index (χ4n) is 5.30. The molecule has 0 radical (unpaired) electrons. The molecule has 0 heterocycles. The van der Waals surface area contributed by atoms with Gasteiger partial charge < -0.3 is 4.74 Å². The molecule has 0 bridgehead atoms. The first-order valence-corrected chi connectivity index (χ1v) is 8.49. The van der Waals surface area contributed by atoms with Crippen LogP contribution >= 0.6 is 0 Å². The quantitative estimate of drug-likeness (QED) is 0.566. The summed E-state index contributed by atoms with van der Waals surface area (Å²) in [5.74, 6) is 4.13. The maximum absolute atomic E-state index is 11.6. The fourth-order valence-corrected chi connectivity index (χ4v) is 5.30. The Labute approximate surface area is 123 Å². The predicted molar refractivity (Wildman–Crippen MR) is 80.2 cm³/mol. The molecular formula is C18H28O2. The van der Waals surface area contributed by atoms with E-state index in [1.54, 1.807) is 6.92 Å². The van der Waals surface area contributed by atoms with Crippen LogP contribution in [0.3, 0.4) is 0 Å².